The summed E-state index contributed by atoms with van der Waals surface area (Å²) in [5.74, 6) is -0.577. The molecule has 0 saturated heterocycles. The largest absolute Gasteiger partial charge is 0.300 e. The fraction of sp³-hybridized carbons (Fsp3) is 0.0952. The van der Waals surface area contributed by atoms with Crippen LogP contribution in [0.25, 0.3) is 16.9 Å². The summed E-state index contributed by atoms with van der Waals surface area (Å²) in [5, 5.41) is 14.3. The molecule has 0 aliphatic rings. The lowest BCUT2D eigenvalue weighted by molar-refractivity contribution is 0.101. The van der Waals surface area contributed by atoms with E-state index in [1.807, 2.05) is 62.4 Å². The fourth-order valence-corrected chi connectivity index (χ4v) is 2.74. The van der Waals surface area contributed by atoms with Crippen molar-refractivity contribution in [2.75, 3.05) is 5.32 Å². The molecule has 2 aromatic heterocycles. The van der Waals surface area contributed by atoms with Crippen molar-refractivity contribution in [3.63, 3.8) is 0 Å². The van der Waals surface area contributed by atoms with Gasteiger partial charge in [0, 0.05) is 17.8 Å². The number of carbonyl (C=O) groups excluding carboxylic acids is 1. The molecule has 0 unspecified atom stereocenters. The highest BCUT2D eigenvalue weighted by Gasteiger charge is 2.19. The van der Waals surface area contributed by atoms with Crippen molar-refractivity contribution < 1.29 is 9.42 Å². The molecule has 1 amide bonds. The van der Waals surface area contributed by atoms with E-state index in [1.54, 1.807) is 0 Å². The molecule has 2 aromatic carbocycles. The summed E-state index contributed by atoms with van der Waals surface area (Å²) in [7, 11) is 0. The number of benzene rings is 2. The Kier molecular flexibility index (Phi) is 4.74. The first-order valence-electron chi connectivity index (χ1n) is 8.89. The van der Waals surface area contributed by atoms with Crippen LogP contribution < -0.4 is 10.7 Å². The molecule has 8 nitrogen and oxygen atoms in total. The highest BCUT2D eigenvalue weighted by Crippen LogP contribution is 2.24. The van der Waals surface area contributed by atoms with Crippen LogP contribution in [0.5, 0.6) is 0 Å². The molecule has 4 rings (SSSR count). The molecule has 0 atom stereocenters. The number of nitrogens with one attached hydrogen (secondary N) is 1. The molecule has 0 aliphatic carbocycles. The van der Waals surface area contributed by atoms with Gasteiger partial charge < -0.3 is 5.32 Å². The van der Waals surface area contributed by atoms with Gasteiger partial charge in [0.25, 0.3) is 5.91 Å². The summed E-state index contributed by atoms with van der Waals surface area (Å²) >= 11 is 0. The van der Waals surface area contributed by atoms with Gasteiger partial charge in [-0.1, -0.05) is 47.5 Å². The smallest absolute Gasteiger partial charge is 0.281 e. The van der Waals surface area contributed by atoms with E-state index in [0.717, 1.165) is 22.4 Å². The lowest BCUT2D eigenvalue weighted by Crippen LogP contribution is -2.25. The van der Waals surface area contributed by atoms with Crippen LogP contribution in [-0.4, -0.2) is 26.0 Å². The van der Waals surface area contributed by atoms with E-state index in [0.29, 0.717) is 5.69 Å². The van der Waals surface area contributed by atoms with E-state index < -0.39 is 11.3 Å². The lowest BCUT2D eigenvalue weighted by atomic mass is 10.1. The predicted octanol–water partition coefficient (Wildman–Crippen LogP) is 3.15. The number of nitrogens with zero attached hydrogens (tertiary/aromatic N) is 4. The van der Waals surface area contributed by atoms with Crippen molar-refractivity contribution in [1.82, 2.24) is 20.1 Å². The number of amides is 1. The Morgan fingerprint density at radius 2 is 1.59 bits per heavy atom. The van der Waals surface area contributed by atoms with Crippen molar-refractivity contribution >= 4 is 11.7 Å². The van der Waals surface area contributed by atoms with Crippen molar-refractivity contribution in [3.05, 3.63) is 87.8 Å². The number of aryl methyl sites for hydroxylation is 2. The second-order valence-corrected chi connectivity index (χ2v) is 6.59. The van der Waals surface area contributed by atoms with Gasteiger partial charge in [0.2, 0.25) is 11.2 Å². The molecular formula is C21H17N5O3. The zero-order valence-electron chi connectivity index (χ0n) is 15.8. The third-order valence-corrected chi connectivity index (χ3v) is 4.37. The Morgan fingerprint density at radius 3 is 2.28 bits per heavy atom. The van der Waals surface area contributed by atoms with E-state index in [2.05, 4.69) is 20.7 Å². The Balaban J connectivity index is 1.64. The van der Waals surface area contributed by atoms with E-state index in [9.17, 15) is 9.59 Å². The maximum absolute atomic E-state index is 12.7. The first-order valence-corrected chi connectivity index (χ1v) is 8.89. The number of carbonyl (C=O) groups is 1. The van der Waals surface area contributed by atoms with E-state index in [-0.39, 0.29) is 11.5 Å². The summed E-state index contributed by atoms with van der Waals surface area (Å²) < 4.78 is 6.25. The first-order chi connectivity index (χ1) is 14.0. The summed E-state index contributed by atoms with van der Waals surface area (Å²) in [6, 6.07) is 16.4. The molecule has 4 aromatic rings. The third kappa shape index (κ3) is 3.81. The Hall–Kier alpha value is -4.07. The molecule has 2 heterocycles. The molecule has 0 radical (unpaired) electrons. The Morgan fingerprint density at radius 1 is 0.931 bits per heavy atom. The van der Waals surface area contributed by atoms with Crippen molar-refractivity contribution in [2.24, 2.45) is 0 Å². The van der Waals surface area contributed by atoms with Gasteiger partial charge in [-0.05, 0) is 36.3 Å². The van der Waals surface area contributed by atoms with Crippen LogP contribution in [0.2, 0.25) is 0 Å². The quantitative estimate of drug-likeness (QED) is 0.577. The van der Waals surface area contributed by atoms with Gasteiger partial charge in [-0.25, -0.2) is 9.31 Å². The van der Waals surface area contributed by atoms with Crippen molar-refractivity contribution in [1.29, 1.82) is 0 Å². The average molecular weight is 387 g/mol. The minimum absolute atomic E-state index is 0.116. The predicted molar refractivity (Wildman–Crippen MR) is 107 cm³/mol. The van der Waals surface area contributed by atoms with Crippen LogP contribution in [-0.2, 0) is 0 Å². The highest BCUT2D eigenvalue weighted by molar-refractivity contribution is 6.03. The zero-order chi connectivity index (χ0) is 20.4. The van der Waals surface area contributed by atoms with Crippen molar-refractivity contribution in [3.8, 4) is 16.9 Å². The molecule has 0 bridgehead atoms. The van der Waals surface area contributed by atoms with Crippen LogP contribution in [0.15, 0.2) is 70.2 Å². The zero-order valence-corrected chi connectivity index (χ0v) is 15.8. The maximum Gasteiger partial charge on any atom is 0.281 e. The first kappa shape index (κ1) is 18.3. The molecule has 0 spiro atoms. The molecular weight excluding hydrogens is 370 g/mol. The van der Waals surface area contributed by atoms with Gasteiger partial charge in [0.15, 0.2) is 11.4 Å². The van der Waals surface area contributed by atoms with Gasteiger partial charge >= 0.3 is 0 Å². The number of anilines is 1. The standard InChI is InChI=1S/C21H17N5O3/c1-13-3-7-15(8-4-13)18-20(25-29-24-18)22-21(28)19-17(27)11-12-26(23-19)16-9-5-14(2)6-10-16/h3-12H,1-2H3,(H,22,25,28). The molecule has 0 fully saturated rings. The normalized spacial score (nSPS) is 10.7. The summed E-state index contributed by atoms with van der Waals surface area (Å²) in [6.07, 6.45) is 1.51. The topological polar surface area (TPSA) is 103 Å². The highest BCUT2D eigenvalue weighted by atomic mass is 16.6. The second kappa shape index (κ2) is 7.51. The molecule has 0 saturated carbocycles. The van der Waals surface area contributed by atoms with Crippen LogP contribution in [0.4, 0.5) is 5.82 Å². The van der Waals surface area contributed by atoms with E-state index >= 15 is 0 Å². The Bertz CT molecular complexity index is 1220. The van der Waals surface area contributed by atoms with Crippen LogP contribution in [0, 0.1) is 13.8 Å². The van der Waals surface area contributed by atoms with Gasteiger partial charge in [-0.15, -0.1) is 0 Å². The number of aromatic nitrogens is 4. The average Bonchev–Trinajstić information content (AvgIpc) is 3.17. The third-order valence-electron chi connectivity index (χ3n) is 4.37. The molecule has 144 valence electrons. The van der Waals surface area contributed by atoms with Crippen LogP contribution in [0.3, 0.4) is 0 Å². The molecule has 8 heteroatoms. The SMILES string of the molecule is Cc1ccc(-c2nonc2NC(=O)c2nn(-c3ccc(C)cc3)ccc2=O)cc1. The van der Waals surface area contributed by atoms with Gasteiger partial charge in [-0.3, -0.25) is 9.59 Å². The fourth-order valence-electron chi connectivity index (χ4n) is 2.74. The second-order valence-electron chi connectivity index (χ2n) is 6.59. The molecule has 1 N–H and O–H groups in total. The van der Waals surface area contributed by atoms with Crippen LogP contribution in [0.1, 0.15) is 21.6 Å². The van der Waals surface area contributed by atoms with Crippen molar-refractivity contribution in [2.45, 2.75) is 13.8 Å². The summed E-state index contributed by atoms with van der Waals surface area (Å²) in [6.45, 7) is 3.94. The minimum Gasteiger partial charge on any atom is -0.300 e. The number of hydrogen-bond acceptors (Lipinski definition) is 6. The van der Waals surface area contributed by atoms with Gasteiger partial charge in [0.1, 0.15) is 0 Å². The molecule has 29 heavy (non-hydrogen) atoms. The molecule has 0 aliphatic heterocycles. The summed E-state index contributed by atoms with van der Waals surface area (Å²) in [5.41, 5.74) is 3.24. The van der Waals surface area contributed by atoms with Gasteiger partial charge in [0.05, 0.1) is 5.69 Å². The van der Waals surface area contributed by atoms with E-state index in [4.69, 9.17) is 4.63 Å². The number of hydrogen-bond donors (Lipinski definition) is 1. The summed E-state index contributed by atoms with van der Waals surface area (Å²) in [4.78, 5) is 24.9. The number of rotatable bonds is 4. The monoisotopic (exact) mass is 387 g/mol. The van der Waals surface area contributed by atoms with Crippen LogP contribution >= 0.6 is 0 Å². The van der Waals surface area contributed by atoms with Gasteiger partial charge in [-0.2, -0.15) is 5.10 Å². The minimum atomic E-state index is -0.694. The maximum atomic E-state index is 12.7. The Labute approximate surface area is 165 Å². The lowest BCUT2D eigenvalue weighted by Gasteiger charge is -2.08. The van der Waals surface area contributed by atoms with E-state index in [1.165, 1.54) is 16.9 Å².